The highest BCUT2D eigenvalue weighted by atomic mass is 35.5. The first-order valence-electron chi connectivity index (χ1n) is 4.92. The number of benzene rings is 1. The molecule has 0 aliphatic heterocycles. The van der Waals surface area contributed by atoms with Crippen molar-refractivity contribution in [1.29, 1.82) is 0 Å². The number of halogens is 1. The van der Waals surface area contributed by atoms with Gasteiger partial charge in [0.05, 0.1) is 0 Å². The Bertz CT molecular complexity index is 631. The molecule has 0 spiro atoms. The number of nitrogens with zero attached hydrogens (tertiary/aromatic N) is 1. The van der Waals surface area contributed by atoms with Gasteiger partial charge in [0, 0.05) is 33.1 Å². The number of fused-ring (bicyclic) bond motifs is 1. The van der Waals surface area contributed by atoms with Crippen molar-refractivity contribution in [3.05, 3.63) is 53.1 Å². The van der Waals surface area contributed by atoms with Crippen LogP contribution in [0.2, 0.25) is 5.02 Å². The highest BCUT2D eigenvalue weighted by Gasteiger charge is 2.06. The van der Waals surface area contributed by atoms with Crippen LogP contribution in [-0.4, -0.2) is 4.98 Å². The molecule has 0 fully saturated rings. The van der Waals surface area contributed by atoms with Gasteiger partial charge in [-0.3, -0.25) is 4.98 Å². The van der Waals surface area contributed by atoms with E-state index in [1.165, 1.54) is 21.2 Å². The minimum absolute atomic E-state index is 0.779. The van der Waals surface area contributed by atoms with Crippen LogP contribution >= 0.6 is 22.9 Å². The van der Waals surface area contributed by atoms with Gasteiger partial charge in [-0.05, 0) is 41.3 Å². The largest absolute Gasteiger partial charge is 0.265 e. The summed E-state index contributed by atoms with van der Waals surface area (Å²) in [4.78, 5) is 4.03. The first kappa shape index (κ1) is 9.82. The Morgan fingerprint density at radius 2 is 1.88 bits per heavy atom. The minimum atomic E-state index is 0.779. The Hall–Kier alpha value is -1.38. The summed E-state index contributed by atoms with van der Waals surface area (Å²) < 4.78 is 1.26. The van der Waals surface area contributed by atoms with Crippen molar-refractivity contribution in [1.82, 2.24) is 4.98 Å². The molecule has 2 aromatic heterocycles. The predicted molar refractivity (Wildman–Crippen MR) is 70.1 cm³/mol. The third-order valence-corrected chi connectivity index (χ3v) is 3.73. The number of hydrogen-bond acceptors (Lipinski definition) is 2. The molecule has 0 saturated heterocycles. The highest BCUT2D eigenvalue weighted by molar-refractivity contribution is 7.17. The lowest BCUT2D eigenvalue weighted by Gasteiger charge is -1.99. The summed E-state index contributed by atoms with van der Waals surface area (Å²) in [5.74, 6) is 0. The molecule has 2 heterocycles. The molecule has 3 heteroatoms. The highest BCUT2D eigenvalue weighted by Crippen LogP contribution is 2.35. The molecule has 0 bridgehead atoms. The van der Waals surface area contributed by atoms with Crippen LogP contribution in [0.15, 0.2) is 48.1 Å². The summed E-state index contributed by atoms with van der Waals surface area (Å²) >= 11 is 7.77. The van der Waals surface area contributed by atoms with Crippen LogP contribution < -0.4 is 0 Å². The predicted octanol–water partition coefficient (Wildman–Crippen LogP) is 4.62. The second-order valence-electron chi connectivity index (χ2n) is 3.53. The fraction of sp³-hybridized carbons (Fsp3) is 0. The van der Waals surface area contributed by atoms with E-state index in [-0.39, 0.29) is 0 Å². The fourth-order valence-electron chi connectivity index (χ4n) is 1.76. The zero-order valence-corrected chi connectivity index (χ0v) is 9.92. The van der Waals surface area contributed by atoms with E-state index in [9.17, 15) is 0 Å². The summed E-state index contributed by atoms with van der Waals surface area (Å²) in [6, 6.07) is 10.0. The van der Waals surface area contributed by atoms with E-state index in [1.807, 2.05) is 36.7 Å². The molecule has 1 nitrogen and oxygen atoms in total. The lowest BCUT2D eigenvalue weighted by atomic mass is 10.1. The number of thiophene rings is 1. The number of aromatic nitrogens is 1. The summed E-state index contributed by atoms with van der Waals surface area (Å²) in [6.45, 7) is 0. The van der Waals surface area contributed by atoms with Gasteiger partial charge in [0.2, 0.25) is 0 Å². The Labute approximate surface area is 102 Å². The fourth-order valence-corrected chi connectivity index (χ4v) is 2.88. The van der Waals surface area contributed by atoms with Gasteiger partial charge >= 0.3 is 0 Å². The van der Waals surface area contributed by atoms with E-state index in [2.05, 4.69) is 16.4 Å². The number of pyridine rings is 1. The smallest absolute Gasteiger partial charge is 0.0413 e. The molecule has 1 aromatic carbocycles. The second kappa shape index (κ2) is 3.89. The maximum Gasteiger partial charge on any atom is 0.0413 e. The monoisotopic (exact) mass is 245 g/mol. The Balaban J connectivity index is 2.29. The first-order chi connectivity index (χ1) is 7.84. The summed E-state index contributed by atoms with van der Waals surface area (Å²) in [7, 11) is 0. The quantitative estimate of drug-likeness (QED) is 0.610. The standard InChI is InChI=1S/C13H8ClNS/c14-10-1-2-13-11(7-10)12(8-16-13)9-3-5-15-6-4-9/h1-8H. The topological polar surface area (TPSA) is 12.9 Å². The van der Waals surface area contributed by atoms with Gasteiger partial charge in [0.25, 0.3) is 0 Å². The van der Waals surface area contributed by atoms with Crippen molar-refractivity contribution in [2.45, 2.75) is 0 Å². The summed E-state index contributed by atoms with van der Waals surface area (Å²) in [5, 5.41) is 4.15. The maximum atomic E-state index is 6.03. The molecule has 0 saturated carbocycles. The third-order valence-electron chi connectivity index (χ3n) is 2.53. The molecular weight excluding hydrogens is 238 g/mol. The SMILES string of the molecule is Clc1ccc2scc(-c3ccncc3)c2c1. The molecule has 0 aliphatic rings. The molecule has 3 aromatic rings. The van der Waals surface area contributed by atoms with Crippen LogP contribution in [0.25, 0.3) is 21.2 Å². The van der Waals surface area contributed by atoms with Gasteiger partial charge in [-0.15, -0.1) is 11.3 Å². The van der Waals surface area contributed by atoms with Crippen molar-refractivity contribution in [3.8, 4) is 11.1 Å². The van der Waals surface area contributed by atoms with E-state index in [4.69, 9.17) is 11.6 Å². The molecule has 78 valence electrons. The lowest BCUT2D eigenvalue weighted by molar-refractivity contribution is 1.33. The van der Waals surface area contributed by atoms with Gasteiger partial charge in [-0.1, -0.05) is 11.6 Å². The van der Waals surface area contributed by atoms with Gasteiger partial charge < -0.3 is 0 Å². The Morgan fingerprint density at radius 3 is 2.69 bits per heavy atom. The van der Waals surface area contributed by atoms with E-state index in [0.29, 0.717) is 0 Å². The molecule has 0 radical (unpaired) electrons. The van der Waals surface area contributed by atoms with Crippen LogP contribution in [0.1, 0.15) is 0 Å². The van der Waals surface area contributed by atoms with Crippen molar-refractivity contribution in [3.63, 3.8) is 0 Å². The van der Waals surface area contributed by atoms with Crippen LogP contribution in [0.4, 0.5) is 0 Å². The molecule has 0 atom stereocenters. The molecular formula is C13H8ClNS. The van der Waals surface area contributed by atoms with E-state index in [1.54, 1.807) is 11.3 Å². The maximum absolute atomic E-state index is 6.03. The van der Waals surface area contributed by atoms with E-state index in [0.717, 1.165) is 5.02 Å². The zero-order chi connectivity index (χ0) is 11.0. The van der Waals surface area contributed by atoms with Crippen LogP contribution in [-0.2, 0) is 0 Å². The van der Waals surface area contributed by atoms with Crippen molar-refractivity contribution < 1.29 is 0 Å². The van der Waals surface area contributed by atoms with Crippen molar-refractivity contribution >= 4 is 33.0 Å². The zero-order valence-electron chi connectivity index (χ0n) is 8.35. The molecule has 16 heavy (non-hydrogen) atoms. The summed E-state index contributed by atoms with van der Waals surface area (Å²) in [6.07, 6.45) is 3.62. The van der Waals surface area contributed by atoms with Gasteiger partial charge in [-0.2, -0.15) is 0 Å². The van der Waals surface area contributed by atoms with Gasteiger partial charge in [0.1, 0.15) is 0 Å². The normalized spacial score (nSPS) is 10.8. The van der Waals surface area contributed by atoms with Crippen molar-refractivity contribution in [2.24, 2.45) is 0 Å². The Morgan fingerprint density at radius 1 is 1.06 bits per heavy atom. The Kier molecular flexibility index (Phi) is 2.39. The van der Waals surface area contributed by atoms with Gasteiger partial charge in [-0.25, -0.2) is 0 Å². The summed E-state index contributed by atoms with van der Waals surface area (Å²) in [5.41, 5.74) is 2.41. The average molecular weight is 246 g/mol. The van der Waals surface area contributed by atoms with Gasteiger partial charge in [0.15, 0.2) is 0 Å². The van der Waals surface area contributed by atoms with Crippen LogP contribution in [0.3, 0.4) is 0 Å². The average Bonchev–Trinajstić information content (AvgIpc) is 2.73. The minimum Gasteiger partial charge on any atom is -0.265 e. The van der Waals surface area contributed by atoms with Crippen molar-refractivity contribution in [2.75, 3.05) is 0 Å². The molecule has 0 amide bonds. The van der Waals surface area contributed by atoms with Crippen LogP contribution in [0.5, 0.6) is 0 Å². The molecule has 0 aliphatic carbocycles. The third kappa shape index (κ3) is 1.60. The molecule has 0 N–H and O–H groups in total. The molecule has 0 unspecified atom stereocenters. The molecule has 3 rings (SSSR count). The first-order valence-corrected chi connectivity index (χ1v) is 6.17. The second-order valence-corrected chi connectivity index (χ2v) is 4.87. The lowest BCUT2D eigenvalue weighted by Crippen LogP contribution is -1.76. The van der Waals surface area contributed by atoms with E-state index < -0.39 is 0 Å². The van der Waals surface area contributed by atoms with Crippen LogP contribution in [0, 0.1) is 0 Å². The van der Waals surface area contributed by atoms with E-state index >= 15 is 0 Å². The number of rotatable bonds is 1. The number of hydrogen-bond donors (Lipinski definition) is 0.